The van der Waals surface area contributed by atoms with E-state index in [0.29, 0.717) is 6.07 Å². The van der Waals surface area contributed by atoms with Crippen molar-refractivity contribution >= 4 is 0 Å². The summed E-state index contributed by atoms with van der Waals surface area (Å²) in [5, 5.41) is 3.00. The van der Waals surface area contributed by atoms with Crippen molar-refractivity contribution < 1.29 is 35.8 Å². The molecule has 2 fully saturated rings. The molecule has 2 aliphatic rings. The third kappa shape index (κ3) is 2.55. The largest absolute Gasteiger partial charge is 0.495 e. The minimum Gasteiger partial charge on any atom is -0.495 e. The second-order valence-electron chi connectivity index (χ2n) is 5.65. The van der Waals surface area contributed by atoms with Gasteiger partial charge in [0.2, 0.25) is 0 Å². The van der Waals surface area contributed by atoms with Crippen LogP contribution in [0.1, 0.15) is 23.1 Å². The fourth-order valence-corrected chi connectivity index (χ4v) is 3.30. The van der Waals surface area contributed by atoms with Crippen LogP contribution >= 0.6 is 0 Å². The molecular weight excluding hydrogens is 328 g/mol. The Morgan fingerprint density at radius 2 is 1.87 bits per heavy atom. The predicted octanol–water partition coefficient (Wildman–Crippen LogP) is 3.32. The van der Waals surface area contributed by atoms with Gasteiger partial charge in [0.25, 0.3) is 0 Å². The summed E-state index contributed by atoms with van der Waals surface area (Å²) in [7, 11) is 0.798. The summed E-state index contributed by atoms with van der Waals surface area (Å²) < 4.78 is 89.6. The number of nitrogens with one attached hydrogen (secondary N) is 1. The fraction of sp³-hybridized carbons (Fsp3) is 0.571. The number of hydrogen-bond acceptors (Lipinski definition) is 3. The maximum atomic E-state index is 13.5. The minimum atomic E-state index is -5.00. The van der Waals surface area contributed by atoms with E-state index in [2.05, 4.69) is 10.1 Å². The third-order valence-corrected chi connectivity index (χ3v) is 4.25. The zero-order valence-corrected chi connectivity index (χ0v) is 11.9. The number of hydrogen-bond donors (Lipinski definition) is 1. The summed E-state index contributed by atoms with van der Waals surface area (Å²) in [6.07, 6.45) is -9.67. The van der Waals surface area contributed by atoms with Crippen LogP contribution < -0.4 is 10.1 Å². The monoisotopic (exact) mass is 341 g/mol. The van der Waals surface area contributed by atoms with Crippen molar-refractivity contribution in [2.45, 2.75) is 30.4 Å². The average Bonchev–Trinajstić information content (AvgIpc) is 3.05. The zero-order valence-electron chi connectivity index (χ0n) is 11.9. The van der Waals surface area contributed by atoms with Gasteiger partial charge in [-0.05, 0) is 12.5 Å². The van der Waals surface area contributed by atoms with Crippen LogP contribution in [-0.4, -0.2) is 26.3 Å². The number of halogens is 6. The van der Waals surface area contributed by atoms with Crippen LogP contribution in [0.5, 0.6) is 5.75 Å². The number of methoxy groups -OCH3 is 1. The van der Waals surface area contributed by atoms with Gasteiger partial charge in [-0.1, -0.05) is 6.07 Å². The van der Waals surface area contributed by atoms with Crippen molar-refractivity contribution in [3.8, 4) is 5.75 Å². The average molecular weight is 341 g/mol. The molecule has 0 spiro atoms. The molecule has 3 rings (SSSR count). The highest BCUT2D eigenvalue weighted by Crippen LogP contribution is 2.51. The van der Waals surface area contributed by atoms with Crippen LogP contribution in [0.3, 0.4) is 0 Å². The Bertz CT molecular complexity index is 617. The van der Waals surface area contributed by atoms with E-state index < -0.39 is 34.8 Å². The molecule has 2 unspecified atom stereocenters. The number of ether oxygens (including phenoxy) is 2. The van der Waals surface area contributed by atoms with Gasteiger partial charge in [0.15, 0.2) is 0 Å². The Labute approximate surface area is 127 Å². The Morgan fingerprint density at radius 3 is 2.26 bits per heavy atom. The molecule has 1 N–H and O–H groups in total. The molecule has 1 aromatic rings. The minimum absolute atomic E-state index is 0.0932. The molecule has 23 heavy (non-hydrogen) atoms. The molecule has 2 heterocycles. The van der Waals surface area contributed by atoms with Gasteiger partial charge in [0.05, 0.1) is 19.3 Å². The van der Waals surface area contributed by atoms with E-state index in [1.807, 2.05) is 0 Å². The highest BCUT2D eigenvalue weighted by atomic mass is 19.4. The van der Waals surface area contributed by atoms with Crippen molar-refractivity contribution in [3.05, 3.63) is 28.8 Å². The number of alkyl halides is 6. The van der Waals surface area contributed by atoms with E-state index >= 15 is 0 Å². The first-order chi connectivity index (χ1) is 10.6. The molecular formula is C14H13F6NO2. The Morgan fingerprint density at radius 1 is 1.17 bits per heavy atom. The van der Waals surface area contributed by atoms with Crippen LogP contribution in [0.15, 0.2) is 12.1 Å². The normalized spacial score (nSPS) is 27.5. The lowest BCUT2D eigenvalue weighted by atomic mass is 9.86. The van der Waals surface area contributed by atoms with E-state index in [1.165, 1.54) is 0 Å². The lowest BCUT2D eigenvalue weighted by Gasteiger charge is -2.31. The topological polar surface area (TPSA) is 30.5 Å². The lowest BCUT2D eigenvalue weighted by molar-refractivity contribution is -0.147. The highest BCUT2D eigenvalue weighted by Gasteiger charge is 2.53. The van der Waals surface area contributed by atoms with Crippen molar-refractivity contribution in [2.24, 2.45) is 0 Å². The molecule has 0 amide bonds. The smallest absolute Gasteiger partial charge is 0.420 e. The van der Waals surface area contributed by atoms with Gasteiger partial charge in [-0.15, -0.1) is 0 Å². The van der Waals surface area contributed by atoms with Crippen LogP contribution in [0.2, 0.25) is 0 Å². The summed E-state index contributed by atoms with van der Waals surface area (Å²) in [5.41, 5.74) is -4.46. The second kappa shape index (κ2) is 5.01. The molecule has 0 saturated carbocycles. The van der Waals surface area contributed by atoms with Crippen LogP contribution in [-0.2, 0) is 22.7 Å². The molecule has 0 aliphatic carbocycles. The van der Waals surface area contributed by atoms with Crippen LogP contribution in [0.25, 0.3) is 0 Å². The van der Waals surface area contributed by atoms with Crippen LogP contribution in [0.4, 0.5) is 26.3 Å². The number of morpholine rings is 1. The molecule has 2 aliphatic heterocycles. The van der Waals surface area contributed by atoms with Gasteiger partial charge < -0.3 is 14.8 Å². The molecule has 2 saturated heterocycles. The lowest BCUT2D eigenvalue weighted by Crippen LogP contribution is -2.38. The maximum Gasteiger partial charge on any atom is 0.420 e. The van der Waals surface area contributed by atoms with E-state index in [1.54, 1.807) is 0 Å². The Hall–Kier alpha value is -1.48. The summed E-state index contributed by atoms with van der Waals surface area (Å²) in [6, 6.07) is 1.38. The second-order valence-corrected chi connectivity index (χ2v) is 5.65. The van der Waals surface area contributed by atoms with E-state index in [9.17, 15) is 26.3 Å². The highest BCUT2D eigenvalue weighted by molar-refractivity contribution is 5.52. The standard InChI is InChI=1S/C14H13F6NO2/c1-22-11-9(13(15,16)17)3-2-8(10(11)14(18,19)20)12-4-7(5-23-12)21-6-12/h2-3,7,21H,4-6H2,1H3. The molecule has 0 aromatic heterocycles. The molecule has 9 heteroatoms. The Balaban J connectivity index is 2.25. The number of benzene rings is 1. The van der Waals surface area contributed by atoms with E-state index in [0.717, 1.165) is 13.2 Å². The first-order valence-corrected chi connectivity index (χ1v) is 6.82. The molecule has 2 atom stereocenters. The van der Waals surface area contributed by atoms with E-state index in [4.69, 9.17) is 4.74 Å². The molecule has 0 radical (unpaired) electrons. The predicted molar refractivity (Wildman–Crippen MR) is 67.0 cm³/mol. The molecule has 1 aromatic carbocycles. The van der Waals surface area contributed by atoms with Gasteiger partial charge in [0, 0.05) is 18.2 Å². The summed E-state index contributed by atoms with van der Waals surface area (Å²) >= 11 is 0. The molecule has 2 bridgehead atoms. The van der Waals surface area contributed by atoms with Gasteiger partial charge in [-0.25, -0.2) is 0 Å². The Kier molecular flexibility index (Phi) is 3.57. The fourth-order valence-electron chi connectivity index (χ4n) is 3.30. The summed E-state index contributed by atoms with van der Waals surface area (Å²) in [4.78, 5) is 0. The quantitative estimate of drug-likeness (QED) is 0.837. The van der Waals surface area contributed by atoms with Gasteiger partial charge >= 0.3 is 12.4 Å². The van der Waals surface area contributed by atoms with Crippen molar-refractivity contribution in [1.29, 1.82) is 0 Å². The summed E-state index contributed by atoms with van der Waals surface area (Å²) in [5.74, 6) is -1.21. The van der Waals surface area contributed by atoms with Crippen LogP contribution in [0, 0.1) is 0 Å². The van der Waals surface area contributed by atoms with E-state index in [-0.39, 0.29) is 31.2 Å². The first-order valence-electron chi connectivity index (χ1n) is 6.82. The van der Waals surface area contributed by atoms with Gasteiger partial charge in [-0.2, -0.15) is 26.3 Å². The zero-order chi connectivity index (χ0) is 17.0. The van der Waals surface area contributed by atoms with Gasteiger partial charge in [-0.3, -0.25) is 0 Å². The molecule has 3 nitrogen and oxygen atoms in total. The summed E-state index contributed by atoms with van der Waals surface area (Å²) in [6.45, 7) is 0.343. The number of rotatable bonds is 2. The maximum absolute atomic E-state index is 13.5. The molecule has 128 valence electrons. The van der Waals surface area contributed by atoms with Crippen molar-refractivity contribution in [1.82, 2.24) is 5.32 Å². The van der Waals surface area contributed by atoms with Crippen molar-refractivity contribution in [2.75, 3.05) is 20.3 Å². The number of fused-ring (bicyclic) bond motifs is 2. The SMILES string of the molecule is COc1c(C(F)(F)F)ccc(C23CNC(CO2)C3)c1C(F)(F)F. The van der Waals surface area contributed by atoms with Gasteiger partial charge in [0.1, 0.15) is 16.9 Å². The van der Waals surface area contributed by atoms with Crippen molar-refractivity contribution in [3.63, 3.8) is 0 Å². The third-order valence-electron chi connectivity index (χ3n) is 4.25. The first kappa shape index (κ1) is 16.4.